The van der Waals surface area contributed by atoms with Crippen LogP contribution in [0.4, 0.5) is 23.7 Å². The van der Waals surface area contributed by atoms with E-state index in [4.69, 9.17) is 9.47 Å². The maximum atomic E-state index is 12.5. The highest BCUT2D eigenvalue weighted by atomic mass is 19.4. The molecule has 0 bridgehead atoms. The molecule has 0 saturated carbocycles. The highest BCUT2D eigenvalue weighted by Gasteiger charge is 2.31. The summed E-state index contributed by atoms with van der Waals surface area (Å²) in [6.07, 6.45) is -4.41. The van der Waals surface area contributed by atoms with Crippen LogP contribution < -0.4 is 16.2 Å². The molecule has 7 nitrogen and oxygen atoms in total. The Kier molecular flexibility index (Phi) is 5.03. The van der Waals surface area contributed by atoms with Crippen molar-refractivity contribution in [1.29, 1.82) is 0 Å². The first-order valence-electron chi connectivity index (χ1n) is 6.40. The van der Waals surface area contributed by atoms with E-state index in [1.165, 1.54) is 0 Å². The van der Waals surface area contributed by atoms with Gasteiger partial charge in [0.2, 0.25) is 0 Å². The molecule has 2 heterocycles. The fraction of sp³-hybridized carbons (Fsp3) is 0.500. The Morgan fingerprint density at radius 1 is 1.41 bits per heavy atom. The number of carbonyl (C=O) groups excluding carboxylic acids is 1. The van der Waals surface area contributed by atoms with Crippen molar-refractivity contribution < 1.29 is 27.4 Å². The van der Waals surface area contributed by atoms with E-state index in [1.807, 2.05) is 4.98 Å². The van der Waals surface area contributed by atoms with Crippen LogP contribution in [-0.2, 0) is 15.7 Å². The SMILES string of the molecule is O=C(NC[C@@H]1COCCO1)Nc1cc(C(F)(F)F)c[nH]c1=O. The van der Waals surface area contributed by atoms with Crippen molar-refractivity contribution in [1.82, 2.24) is 10.3 Å². The number of hydrogen-bond donors (Lipinski definition) is 3. The maximum Gasteiger partial charge on any atom is 0.417 e. The summed E-state index contributed by atoms with van der Waals surface area (Å²) >= 11 is 0. The molecule has 1 aromatic heterocycles. The van der Waals surface area contributed by atoms with Crippen molar-refractivity contribution in [2.24, 2.45) is 0 Å². The molecular weight excluding hydrogens is 307 g/mol. The maximum absolute atomic E-state index is 12.5. The molecule has 122 valence electrons. The Morgan fingerprint density at radius 2 is 2.18 bits per heavy atom. The summed E-state index contributed by atoms with van der Waals surface area (Å²) < 4.78 is 48.1. The lowest BCUT2D eigenvalue weighted by Gasteiger charge is -2.23. The van der Waals surface area contributed by atoms with Crippen LogP contribution in [-0.4, -0.2) is 43.5 Å². The molecule has 2 rings (SSSR count). The smallest absolute Gasteiger partial charge is 0.376 e. The normalized spacial score (nSPS) is 18.8. The van der Waals surface area contributed by atoms with Crippen LogP contribution in [0.5, 0.6) is 0 Å². The largest absolute Gasteiger partial charge is 0.417 e. The predicted octanol–water partition coefficient (Wildman–Crippen LogP) is 0.931. The summed E-state index contributed by atoms with van der Waals surface area (Å²) in [4.78, 5) is 25.0. The van der Waals surface area contributed by atoms with E-state index < -0.39 is 29.0 Å². The lowest BCUT2D eigenvalue weighted by Crippen LogP contribution is -2.41. The molecule has 0 aromatic carbocycles. The molecule has 0 unspecified atom stereocenters. The molecule has 0 radical (unpaired) electrons. The van der Waals surface area contributed by atoms with E-state index in [9.17, 15) is 22.8 Å². The Bertz CT molecular complexity index is 582. The van der Waals surface area contributed by atoms with E-state index in [-0.39, 0.29) is 12.6 Å². The van der Waals surface area contributed by atoms with Crippen LogP contribution in [0.2, 0.25) is 0 Å². The Hall–Kier alpha value is -2.07. The first-order valence-corrected chi connectivity index (χ1v) is 6.40. The Labute approximate surface area is 122 Å². The van der Waals surface area contributed by atoms with Crippen LogP contribution >= 0.6 is 0 Å². The number of halogens is 3. The minimum absolute atomic E-state index is 0.114. The Morgan fingerprint density at radius 3 is 2.82 bits per heavy atom. The minimum atomic E-state index is -4.62. The van der Waals surface area contributed by atoms with Crippen molar-refractivity contribution in [2.75, 3.05) is 31.7 Å². The van der Waals surface area contributed by atoms with Gasteiger partial charge in [0.1, 0.15) is 5.69 Å². The lowest BCUT2D eigenvalue weighted by atomic mass is 10.2. The van der Waals surface area contributed by atoms with Crippen LogP contribution in [0.15, 0.2) is 17.1 Å². The molecule has 0 aliphatic carbocycles. The third kappa shape index (κ3) is 4.46. The fourth-order valence-corrected chi connectivity index (χ4v) is 1.77. The molecule has 2 amide bonds. The second-order valence-electron chi connectivity index (χ2n) is 4.53. The van der Waals surface area contributed by atoms with E-state index in [2.05, 4.69) is 10.6 Å². The number of pyridine rings is 1. The average Bonchev–Trinajstić information content (AvgIpc) is 2.47. The standard InChI is InChI=1S/C12H14F3N3O4/c13-12(14,15)7-3-9(10(19)16-4-7)18-11(20)17-5-8-6-21-1-2-22-8/h3-4,8H,1-2,5-6H2,(H,16,19)(H2,17,18,20)/t8-/m1/s1. The highest BCUT2D eigenvalue weighted by Crippen LogP contribution is 2.29. The van der Waals surface area contributed by atoms with Crippen molar-refractivity contribution in [3.8, 4) is 0 Å². The van der Waals surface area contributed by atoms with E-state index in [0.29, 0.717) is 32.1 Å². The van der Waals surface area contributed by atoms with Crippen molar-refractivity contribution in [3.05, 3.63) is 28.2 Å². The first kappa shape index (κ1) is 16.3. The Balaban J connectivity index is 1.94. The second-order valence-corrected chi connectivity index (χ2v) is 4.53. The van der Waals surface area contributed by atoms with E-state index in [0.717, 1.165) is 0 Å². The van der Waals surface area contributed by atoms with Gasteiger partial charge in [-0.1, -0.05) is 0 Å². The van der Waals surface area contributed by atoms with E-state index in [1.54, 1.807) is 0 Å². The zero-order chi connectivity index (χ0) is 16.2. The monoisotopic (exact) mass is 321 g/mol. The third-order valence-corrected chi connectivity index (χ3v) is 2.85. The van der Waals surface area contributed by atoms with Crippen LogP contribution in [0.1, 0.15) is 5.56 Å². The van der Waals surface area contributed by atoms with Crippen molar-refractivity contribution in [2.45, 2.75) is 12.3 Å². The molecule has 1 aliphatic rings. The van der Waals surface area contributed by atoms with Gasteiger partial charge < -0.3 is 25.1 Å². The molecule has 1 aliphatic heterocycles. The van der Waals surface area contributed by atoms with Crippen molar-refractivity contribution >= 4 is 11.7 Å². The van der Waals surface area contributed by atoms with Gasteiger partial charge in [-0.3, -0.25) is 4.79 Å². The van der Waals surface area contributed by atoms with E-state index >= 15 is 0 Å². The minimum Gasteiger partial charge on any atom is -0.376 e. The third-order valence-electron chi connectivity index (χ3n) is 2.85. The van der Waals surface area contributed by atoms with Gasteiger partial charge in [0.25, 0.3) is 5.56 Å². The number of carbonyl (C=O) groups is 1. The van der Waals surface area contributed by atoms with Gasteiger partial charge in [-0.25, -0.2) is 4.79 Å². The van der Waals surface area contributed by atoms with Gasteiger partial charge in [-0.05, 0) is 6.07 Å². The number of nitrogens with one attached hydrogen (secondary N) is 3. The van der Waals surface area contributed by atoms with Crippen molar-refractivity contribution in [3.63, 3.8) is 0 Å². The van der Waals surface area contributed by atoms with Gasteiger partial charge in [0, 0.05) is 12.7 Å². The van der Waals surface area contributed by atoms with Gasteiger partial charge in [0.15, 0.2) is 0 Å². The summed E-state index contributed by atoms with van der Waals surface area (Å²) in [7, 11) is 0. The molecule has 3 N–H and O–H groups in total. The summed E-state index contributed by atoms with van der Waals surface area (Å²) in [5.41, 5.74) is -2.39. The number of amides is 2. The topological polar surface area (TPSA) is 92.4 Å². The number of aromatic amines is 1. The summed E-state index contributed by atoms with van der Waals surface area (Å²) in [6.45, 7) is 1.30. The number of urea groups is 1. The number of H-pyrrole nitrogens is 1. The zero-order valence-electron chi connectivity index (χ0n) is 11.3. The second kappa shape index (κ2) is 6.79. The first-order chi connectivity index (χ1) is 10.4. The number of ether oxygens (including phenoxy) is 2. The summed E-state index contributed by atoms with van der Waals surface area (Å²) in [6, 6.07) is -0.238. The van der Waals surface area contributed by atoms with Gasteiger partial charge in [-0.2, -0.15) is 13.2 Å². The molecule has 1 fully saturated rings. The zero-order valence-corrected chi connectivity index (χ0v) is 11.3. The van der Waals surface area contributed by atoms with Crippen LogP contribution in [0, 0.1) is 0 Å². The number of rotatable bonds is 3. The molecule has 1 aromatic rings. The summed E-state index contributed by atoms with van der Waals surface area (Å²) in [5.74, 6) is 0. The van der Waals surface area contributed by atoms with Crippen LogP contribution in [0.25, 0.3) is 0 Å². The van der Waals surface area contributed by atoms with Crippen LogP contribution in [0.3, 0.4) is 0 Å². The number of aromatic nitrogens is 1. The summed E-state index contributed by atoms with van der Waals surface area (Å²) in [5, 5.41) is 4.47. The van der Waals surface area contributed by atoms with Gasteiger partial charge in [-0.15, -0.1) is 0 Å². The molecular formula is C12H14F3N3O4. The molecule has 10 heteroatoms. The molecule has 22 heavy (non-hydrogen) atoms. The quantitative estimate of drug-likeness (QED) is 0.772. The number of alkyl halides is 3. The molecule has 0 spiro atoms. The average molecular weight is 321 g/mol. The predicted molar refractivity (Wildman–Crippen MR) is 69.6 cm³/mol. The van der Waals surface area contributed by atoms with Gasteiger partial charge >= 0.3 is 12.2 Å². The highest BCUT2D eigenvalue weighted by molar-refractivity contribution is 5.89. The molecule has 1 atom stereocenters. The molecule has 1 saturated heterocycles. The van der Waals surface area contributed by atoms with Gasteiger partial charge in [0.05, 0.1) is 31.5 Å². The lowest BCUT2D eigenvalue weighted by molar-refractivity contribution is -0.137. The fourth-order valence-electron chi connectivity index (χ4n) is 1.77. The number of hydrogen-bond acceptors (Lipinski definition) is 4. The number of anilines is 1.